The van der Waals surface area contributed by atoms with E-state index in [9.17, 15) is 9.59 Å². The van der Waals surface area contributed by atoms with Gasteiger partial charge in [0.25, 0.3) is 5.91 Å². The van der Waals surface area contributed by atoms with Crippen LogP contribution >= 0.6 is 0 Å². The van der Waals surface area contributed by atoms with E-state index in [1.807, 2.05) is 79.7 Å². The lowest BCUT2D eigenvalue weighted by Gasteiger charge is -2.10. The third-order valence-electron chi connectivity index (χ3n) is 5.74. The predicted molar refractivity (Wildman–Crippen MR) is 149 cm³/mol. The summed E-state index contributed by atoms with van der Waals surface area (Å²) in [5.41, 5.74) is 5.12. The van der Waals surface area contributed by atoms with Crippen LogP contribution in [-0.2, 0) is 11.2 Å². The Labute approximate surface area is 217 Å². The van der Waals surface area contributed by atoms with Crippen LogP contribution in [0.4, 0.5) is 17.1 Å². The van der Waals surface area contributed by atoms with Gasteiger partial charge in [0.2, 0.25) is 5.91 Å². The molecule has 6 nitrogen and oxygen atoms in total. The maximum Gasteiger partial charge on any atom is 0.255 e. The quantitative estimate of drug-likeness (QED) is 0.214. The summed E-state index contributed by atoms with van der Waals surface area (Å²) >= 11 is 0. The van der Waals surface area contributed by atoms with E-state index in [0.717, 1.165) is 29.8 Å². The van der Waals surface area contributed by atoms with E-state index in [2.05, 4.69) is 28.1 Å². The zero-order valence-corrected chi connectivity index (χ0v) is 20.9. The Bertz CT molecular complexity index is 1300. The van der Waals surface area contributed by atoms with Crippen LogP contribution in [0.3, 0.4) is 0 Å². The van der Waals surface area contributed by atoms with Crippen molar-refractivity contribution in [3.63, 3.8) is 0 Å². The standard InChI is InChI=1S/C31H31N3O3/c1-23-7-5-11-25(21-23)31(36)34-28-14-12-26(13-15-28)32-22-30(35)33-27-16-18-29(19-17-27)37-20-6-10-24-8-3-2-4-9-24/h2-5,7-9,11-19,21,32H,6,10,20,22H2,1H3,(H,33,35)(H,34,36). The molecule has 0 spiro atoms. The minimum Gasteiger partial charge on any atom is -0.494 e. The Morgan fingerprint density at radius 3 is 2.14 bits per heavy atom. The zero-order chi connectivity index (χ0) is 25.9. The molecule has 0 saturated heterocycles. The molecule has 4 aromatic rings. The van der Waals surface area contributed by atoms with Crippen molar-refractivity contribution in [1.29, 1.82) is 0 Å². The van der Waals surface area contributed by atoms with E-state index in [-0.39, 0.29) is 18.4 Å². The van der Waals surface area contributed by atoms with Crippen molar-refractivity contribution in [3.05, 3.63) is 120 Å². The van der Waals surface area contributed by atoms with Crippen LogP contribution in [0.2, 0.25) is 0 Å². The van der Waals surface area contributed by atoms with E-state index in [1.54, 1.807) is 18.2 Å². The molecule has 0 radical (unpaired) electrons. The Morgan fingerprint density at radius 2 is 1.41 bits per heavy atom. The molecule has 4 aromatic carbocycles. The van der Waals surface area contributed by atoms with Crippen molar-refractivity contribution in [2.24, 2.45) is 0 Å². The fraction of sp³-hybridized carbons (Fsp3) is 0.161. The number of ether oxygens (including phenoxy) is 1. The van der Waals surface area contributed by atoms with Gasteiger partial charge >= 0.3 is 0 Å². The molecule has 0 atom stereocenters. The highest BCUT2D eigenvalue weighted by molar-refractivity contribution is 6.04. The molecule has 37 heavy (non-hydrogen) atoms. The lowest BCUT2D eigenvalue weighted by Crippen LogP contribution is -2.21. The monoisotopic (exact) mass is 493 g/mol. The van der Waals surface area contributed by atoms with Gasteiger partial charge in [0.15, 0.2) is 0 Å². The number of benzene rings is 4. The van der Waals surface area contributed by atoms with Crippen LogP contribution in [-0.4, -0.2) is 25.0 Å². The van der Waals surface area contributed by atoms with Crippen LogP contribution < -0.4 is 20.7 Å². The highest BCUT2D eigenvalue weighted by Gasteiger charge is 2.07. The molecule has 0 aromatic heterocycles. The van der Waals surface area contributed by atoms with Crippen molar-refractivity contribution in [1.82, 2.24) is 0 Å². The molecule has 0 aliphatic heterocycles. The number of nitrogens with one attached hydrogen (secondary N) is 3. The van der Waals surface area contributed by atoms with Crippen molar-refractivity contribution in [2.45, 2.75) is 19.8 Å². The minimum absolute atomic E-state index is 0.118. The second kappa shape index (κ2) is 12.9. The first-order valence-corrected chi connectivity index (χ1v) is 12.3. The molecule has 2 amide bonds. The van der Waals surface area contributed by atoms with Gasteiger partial charge in [0.1, 0.15) is 5.75 Å². The lowest BCUT2D eigenvalue weighted by molar-refractivity contribution is -0.114. The average molecular weight is 494 g/mol. The predicted octanol–water partition coefficient (Wildman–Crippen LogP) is 6.31. The van der Waals surface area contributed by atoms with Crippen LogP contribution in [0.5, 0.6) is 5.75 Å². The van der Waals surface area contributed by atoms with Crippen LogP contribution in [0.1, 0.15) is 27.9 Å². The molecule has 0 bridgehead atoms. The number of hydrogen-bond acceptors (Lipinski definition) is 4. The molecular formula is C31H31N3O3. The second-order valence-corrected chi connectivity index (χ2v) is 8.76. The smallest absolute Gasteiger partial charge is 0.255 e. The van der Waals surface area contributed by atoms with Crippen LogP contribution in [0.25, 0.3) is 0 Å². The van der Waals surface area contributed by atoms with E-state index >= 15 is 0 Å². The van der Waals surface area contributed by atoms with Crippen molar-refractivity contribution in [3.8, 4) is 5.75 Å². The molecule has 0 aliphatic carbocycles. The molecule has 6 heteroatoms. The summed E-state index contributed by atoms with van der Waals surface area (Å²) in [5, 5.41) is 8.85. The summed E-state index contributed by atoms with van der Waals surface area (Å²) in [6.45, 7) is 2.71. The number of carbonyl (C=O) groups is 2. The summed E-state index contributed by atoms with van der Waals surface area (Å²) in [6.07, 6.45) is 1.92. The third kappa shape index (κ3) is 8.25. The Hall–Kier alpha value is -4.58. The van der Waals surface area contributed by atoms with E-state index in [4.69, 9.17) is 4.74 Å². The number of carbonyl (C=O) groups excluding carboxylic acids is 2. The van der Waals surface area contributed by atoms with Gasteiger partial charge in [0.05, 0.1) is 13.2 Å². The van der Waals surface area contributed by atoms with E-state index < -0.39 is 0 Å². The molecule has 0 fully saturated rings. The van der Waals surface area contributed by atoms with Gasteiger partial charge in [-0.1, -0.05) is 48.0 Å². The van der Waals surface area contributed by atoms with Gasteiger partial charge in [-0.15, -0.1) is 0 Å². The number of hydrogen-bond donors (Lipinski definition) is 3. The maximum absolute atomic E-state index is 12.4. The van der Waals surface area contributed by atoms with Crippen molar-refractivity contribution < 1.29 is 14.3 Å². The molecule has 0 unspecified atom stereocenters. The van der Waals surface area contributed by atoms with Gasteiger partial charge in [-0.25, -0.2) is 0 Å². The minimum atomic E-state index is -0.160. The summed E-state index contributed by atoms with van der Waals surface area (Å²) in [4.78, 5) is 24.7. The van der Waals surface area contributed by atoms with Crippen molar-refractivity contribution in [2.75, 3.05) is 29.1 Å². The van der Waals surface area contributed by atoms with E-state index in [1.165, 1.54) is 5.56 Å². The van der Waals surface area contributed by atoms with Crippen molar-refractivity contribution >= 4 is 28.9 Å². The fourth-order valence-corrected chi connectivity index (χ4v) is 3.79. The molecule has 4 rings (SSSR count). The van der Waals surface area contributed by atoms with Crippen LogP contribution in [0.15, 0.2) is 103 Å². The maximum atomic E-state index is 12.4. The highest BCUT2D eigenvalue weighted by atomic mass is 16.5. The second-order valence-electron chi connectivity index (χ2n) is 8.76. The lowest BCUT2D eigenvalue weighted by atomic mass is 10.1. The molecule has 0 heterocycles. The first-order chi connectivity index (χ1) is 18.0. The fourth-order valence-electron chi connectivity index (χ4n) is 3.79. The number of anilines is 3. The molecule has 3 N–H and O–H groups in total. The summed E-state index contributed by atoms with van der Waals surface area (Å²) in [7, 11) is 0. The topological polar surface area (TPSA) is 79.5 Å². The molecule has 0 aliphatic rings. The van der Waals surface area contributed by atoms with Gasteiger partial charge in [0, 0.05) is 22.6 Å². The van der Waals surface area contributed by atoms with Gasteiger partial charge in [-0.2, -0.15) is 0 Å². The molecular weight excluding hydrogens is 462 g/mol. The Morgan fingerprint density at radius 1 is 0.730 bits per heavy atom. The van der Waals surface area contributed by atoms with Gasteiger partial charge in [-0.05, 0) is 86.0 Å². The number of rotatable bonds is 11. The largest absolute Gasteiger partial charge is 0.494 e. The third-order valence-corrected chi connectivity index (χ3v) is 5.74. The summed E-state index contributed by atoms with van der Waals surface area (Å²) in [6, 6.07) is 32.4. The zero-order valence-electron chi connectivity index (χ0n) is 20.9. The van der Waals surface area contributed by atoms with Crippen LogP contribution in [0, 0.1) is 6.92 Å². The van der Waals surface area contributed by atoms with E-state index in [0.29, 0.717) is 23.5 Å². The first kappa shape index (κ1) is 25.5. The molecule has 188 valence electrons. The van der Waals surface area contributed by atoms with Gasteiger partial charge in [-0.3, -0.25) is 9.59 Å². The number of aryl methyl sites for hydroxylation is 2. The SMILES string of the molecule is Cc1cccc(C(=O)Nc2ccc(NCC(=O)Nc3ccc(OCCCc4ccccc4)cc3)cc2)c1. The highest BCUT2D eigenvalue weighted by Crippen LogP contribution is 2.17. The summed E-state index contributed by atoms with van der Waals surface area (Å²) < 4.78 is 5.81. The normalized spacial score (nSPS) is 10.4. The number of amides is 2. The summed E-state index contributed by atoms with van der Waals surface area (Å²) in [5.74, 6) is 0.458. The van der Waals surface area contributed by atoms with Gasteiger partial charge < -0.3 is 20.7 Å². The average Bonchev–Trinajstić information content (AvgIpc) is 2.92. The Balaban J connectivity index is 1.16. The Kier molecular flexibility index (Phi) is 8.92. The molecule has 0 saturated carbocycles. The first-order valence-electron chi connectivity index (χ1n) is 12.3.